The van der Waals surface area contributed by atoms with Crippen molar-refractivity contribution in [2.24, 2.45) is 5.92 Å². The molecule has 0 atom stereocenters. The van der Waals surface area contributed by atoms with Gasteiger partial charge in [-0.05, 0) is 56.2 Å². The molecule has 2 aromatic carbocycles. The molecular weight excluding hydrogens is 425 g/mol. The molecule has 1 aromatic heterocycles. The third-order valence-electron chi connectivity index (χ3n) is 5.48. The number of aromatic nitrogens is 2. The molecule has 6 nitrogen and oxygen atoms in total. The van der Waals surface area contributed by atoms with Gasteiger partial charge < -0.3 is 14.6 Å². The van der Waals surface area contributed by atoms with Crippen LogP contribution in [0.2, 0.25) is 0 Å². The number of alkyl halides is 3. The van der Waals surface area contributed by atoms with Crippen molar-refractivity contribution in [1.29, 1.82) is 0 Å². The number of fused-ring (bicyclic) bond motifs is 1. The second kappa shape index (κ2) is 8.74. The van der Waals surface area contributed by atoms with Crippen molar-refractivity contribution in [2.45, 2.75) is 32.0 Å². The van der Waals surface area contributed by atoms with Crippen LogP contribution >= 0.6 is 0 Å². The number of carboxylic acid groups (broad SMARTS) is 1. The minimum Gasteiger partial charge on any atom is -0.491 e. The number of aliphatic carboxylic acids is 1. The molecule has 4 rings (SSSR count). The van der Waals surface area contributed by atoms with Gasteiger partial charge in [-0.2, -0.15) is 13.2 Å². The summed E-state index contributed by atoms with van der Waals surface area (Å²) >= 11 is 0. The largest absolute Gasteiger partial charge is 0.491 e. The van der Waals surface area contributed by atoms with Gasteiger partial charge in [-0.3, -0.25) is 4.79 Å². The number of benzene rings is 2. The van der Waals surface area contributed by atoms with Crippen LogP contribution in [0.25, 0.3) is 22.3 Å². The molecule has 1 fully saturated rings. The van der Waals surface area contributed by atoms with Crippen molar-refractivity contribution in [3.8, 4) is 17.1 Å². The summed E-state index contributed by atoms with van der Waals surface area (Å²) in [7, 11) is 0. The van der Waals surface area contributed by atoms with E-state index >= 15 is 0 Å². The first-order valence-electron chi connectivity index (χ1n) is 10.1. The van der Waals surface area contributed by atoms with E-state index in [9.17, 15) is 18.0 Å². The zero-order valence-electron chi connectivity index (χ0n) is 17.2. The van der Waals surface area contributed by atoms with E-state index in [1.54, 1.807) is 31.2 Å². The molecule has 1 aliphatic rings. The van der Waals surface area contributed by atoms with Gasteiger partial charge in [0.1, 0.15) is 12.4 Å². The van der Waals surface area contributed by atoms with Gasteiger partial charge in [0.25, 0.3) is 0 Å². The molecule has 1 N–H and O–H groups in total. The van der Waals surface area contributed by atoms with Crippen LogP contribution in [-0.2, 0) is 15.7 Å². The van der Waals surface area contributed by atoms with E-state index in [1.165, 1.54) is 6.07 Å². The van der Waals surface area contributed by atoms with Gasteiger partial charge in [0, 0.05) is 16.6 Å². The molecule has 168 valence electrons. The lowest BCUT2D eigenvalue weighted by Gasteiger charge is -2.31. The second-order valence-electron chi connectivity index (χ2n) is 7.73. The van der Waals surface area contributed by atoms with Gasteiger partial charge in [-0.25, -0.2) is 9.97 Å². The number of hydrogen-bond donors (Lipinski definition) is 1. The van der Waals surface area contributed by atoms with E-state index in [0.717, 1.165) is 12.1 Å². The van der Waals surface area contributed by atoms with Gasteiger partial charge >= 0.3 is 12.1 Å². The Hall–Kier alpha value is -3.20. The number of ether oxygens (including phenoxy) is 2. The third kappa shape index (κ3) is 4.83. The Morgan fingerprint density at radius 3 is 2.47 bits per heavy atom. The number of aryl methyl sites for hydroxylation is 1. The average molecular weight is 446 g/mol. The van der Waals surface area contributed by atoms with E-state index in [0.29, 0.717) is 54.3 Å². The molecule has 0 bridgehead atoms. The number of carboxylic acids is 1. The van der Waals surface area contributed by atoms with Gasteiger partial charge in [0.15, 0.2) is 5.82 Å². The van der Waals surface area contributed by atoms with Crippen molar-refractivity contribution < 1.29 is 32.5 Å². The molecule has 9 heteroatoms. The van der Waals surface area contributed by atoms with Crippen molar-refractivity contribution in [2.75, 3.05) is 13.2 Å². The normalized spacial score (nSPS) is 18.4. The molecule has 0 radical (unpaired) electrons. The van der Waals surface area contributed by atoms with Gasteiger partial charge in [0.2, 0.25) is 0 Å². The maximum absolute atomic E-state index is 13.0. The Labute approximate surface area is 182 Å². The average Bonchev–Trinajstić information content (AvgIpc) is 2.71. The molecule has 1 heterocycles. The highest BCUT2D eigenvalue weighted by Crippen LogP contribution is 2.32. The van der Waals surface area contributed by atoms with Crippen LogP contribution in [0, 0.1) is 12.8 Å². The van der Waals surface area contributed by atoms with Crippen molar-refractivity contribution in [3.05, 3.63) is 53.7 Å². The first-order chi connectivity index (χ1) is 15.2. The lowest BCUT2D eigenvalue weighted by Crippen LogP contribution is -2.36. The minimum atomic E-state index is -4.44. The van der Waals surface area contributed by atoms with Crippen LogP contribution in [0.3, 0.4) is 0 Å². The van der Waals surface area contributed by atoms with E-state index in [1.807, 2.05) is 0 Å². The van der Waals surface area contributed by atoms with Gasteiger partial charge in [-0.1, -0.05) is 6.07 Å². The second-order valence-corrected chi connectivity index (χ2v) is 7.73. The molecular formula is C23H21F3N2O4. The Morgan fingerprint density at radius 1 is 1.09 bits per heavy atom. The number of rotatable bonds is 7. The molecule has 0 unspecified atom stereocenters. The van der Waals surface area contributed by atoms with Crippen LogP contribution in [-0.4, -0.2) is 40.4 Å². The van der Waals surface area contributed by atoms with Crippen LogP contribution in [0.15, 0.2) is 42.5 Å². The topological polar surface area (TPSA) is 81.5 Å². The molecule has 0 spiro atoms. The van der Waals surface area contributed by atoms with Crippen LogP contribution in [0.1, 0.15) is 24.1 Å². The summed E-state index contributed by atoms with van der Waals surface area (Å²) in [5, 5.41) is 9.43. The molecule has 0 amide bonds. The number of carbonyl (C=O) groups is 1. The first-order valence-corrected chi connectivity index (χ1v) is 10.1. The SMILES string of the molecule is Cc1nc(-c2ccc(OCCOC3CC(C(=O)O)C3)cc2)nc2cc(C(F)(F)F)ccc12. The van der Waals surface area contributed by atoms with Crippen molar-refractivity contribution in [3.63, 3.8) is 0 Å². The molecule has 3 aromatic rings. The maximum Gasteiger partial charge on any atom is 0.416 e. The summed E-state index contributed by atoms with van der Waals surface area (Å²) in [5.74, 6) is -0.157. The zero-order valence-corrected chi connectivity index (χ0v) is 17.2. The fourth-order valence-electron chi connectivity index (χ4n) is 3.57. The molecule has 1 saturated carbocycles. The van der Waals surface area contributed by atoms with E-state index in [-0.39, 0.29) is 17.5 Å². The maximum atomic E-state index is 13.0. The highest BCUT2D eigenvalue weighted by atomic mass is 19.4. The predicted octanol–water partition coefficient (Wildman–Crippen LogP) is 4.88. The quantitative estimate of drug-likeness (QED) is 0.521. The zero-order chi connectivity index (χ0) is 22.9. The molecule has 1 aliphatic carbocycles. The summed E-state index contributed by atoms with van der Waals surface area (Å²) in [5.41, 5.74) is 0.740. The highest BCUT2D eigenvalue weighted by molar-refractivity contribution is 5.83. The summed E-state index contributed by atoms with van der Waals surface area (Å²) < 4.78 is 50.3. The Kier molecular flexibility index (Phi) is 6.01. The van der Waals surface area contributed by atoms with E-state index < -0.39 is 17.7 Å². The lowest BCUT2D eigenvalue weighted by molar-refractivity contribution is -0.151. The Balaban J connectivity index is 1.38. The van der Waals surface area contributed by atoms with Crippen LogP contribution in [0.4, 0.5) is 13.2 Å². The standard InChI is InChI=1S/C23H21F3N2O4/c1-13-19-7-4-16(23(24,25)26)12-20(19)28-21(27-13)14-2-5-17(6-3-14)31-8-9-32-18-10-15(11-18)22(29)30/h2-7,12,15,18H,8-11H2,1H3,(H,29,30). The van der Waals surface area contributed by atoms with Crippen LogP contribution in [0.5, 0.6) is 5.75 Å². The highest BCUT2D eigenvalue weighted by Gasteiger charge is 2.35. The molecule has 32 heavy (non-hydrogen) atoms. The number of halogens is 3. The molecule has 0 saturated heterocycles. The fourth-order valence-corrected chi connectivity index (χ4v) is 3.57. The summed E-state index contributed by atoms with van der Waals surface area (Å²) in [6.45, 7) is 2.41. The fraction of sp³-hybridized carbons (Fsp3) is 0.348. The summed E-state index contributed by atoms with van der Waals surface area (Å²) in [6.07, 6.45) is -3.42. The number of hydrogen-bond acceptors (Lipinski definition) is 5. The van der Waals surface area contributed by atoms with Crippen molar-refractivity contribution >= 4 is 16.9 Å². The monoisotopic (exact) mass is 446 g/mol. The van der Waals surface area contributed by atoms with E-state index in [2.05, 4.69) is 9.97 Å². The minimum absolute atomic E-state index is 0.0340. The summed E-state index contributed by atoms with van der Waals surface area (Å²) in [4.78, 5) is 19.5. The third-order valence-corrected chi connectivity index (χ3v) is 5.48. The molecule has 0 aliphatic heterocycles. The Bertz CT molecular complexity index is 1130. The van der Waals surface area contributed by atoms with E-state index in [4.69, 9.17) is 14.6 Å². The Morgan fingerprint density at radius 2 is 1.81 bits per heavy atom. The van der Waals surface area contributed by atoms with Crippen molar-refractivity contribution in [1.82, 2.24) is 9.97 Å². The predicted molar refractivity (Wildman–Crippen MR) is 110 cm³/mol. The summed E-state index contributed by atoms with van der Waals surface area (Å²) in [6, 6.07) is 10.4. The van der Waals surface area contributed by atoms with Crippen LogP contribution < -0.4 is 4.74 Å². The smallest absolute Gasteiger partial charge is 0.416 e. The first kappa shape index (κ1) is 22.0. The lowest BCUT2D eigenvalue weighted by atomic mass is 9.82. The van der Waals surface area contributed by atoms with Gasteiger partial charge in [0.05, 0.1) is 29.7 Å². The van der Waals surface area contributed by atoms with Gasteiger partial charge in [-0.15, -0.1) is 0 Å². The number of nitrogens with zero attached hydrogens (tertiary/aromatic N) is 2.